The third-order valence-electron chi connectivity index (χ3n) is 3.60. The van der Waals surface area contributed by atoms with Crippen molar-refractivity contribution in [1.29, 1.82) is 0 Å². The molecular weight excluding hydrogens is 286 g/mol. The number of hydrogen-bond acceptors (Lipinski definition) is 3. The van der Waals surface area contributed by atoms with Crippen molar-refractivity contribution in [1.82, 2.24) is 14.5 Å². The highest BCUT2D eigenvalue weighted by molar-refractivity contribution is 6.17. The molecule has 1 aromatic carbocycles. The van der Waals surface area contributed by atoms with E-state index in [9.17, 15) is 0 Å². The van der Waals surface area contributed by atoms with Crippen molar-refractivity contribution in [2.45, 2.75) is 19.3 Å². The fourth-order valence-corrected chi connectivity index (χ4v) is 2.70. The maximum absolute atomic E-state index is 6.02. The van der Waals surface area contributed by atoms with Gasteiger partial charge in [-0.3, -0.25) is 0 Å². The first-order chi connectivity index (χ1) is 10.2. The van der Waals surface area contributed by atoms with E-state index in [1.54, 1.807) is 7.11 Å². The van der Waals surface area contributed by atoms with Gasteiger partial charge in [0.25, 0.3) is 0 Å². The zero-order chi connectivity index (χ0) is 14.8. The topological polar surface area (TPSA) is 39.9 Å². The van der Waals surface area contributed by atoms with Crippen molar-refractivity contribution < 1.29 is 4.74 Å². The molecule has 3 aromatic rings. The van der Waals surface area contributed by atoms with Gasteiger partial charge in [0.2, 0.25) is 0 Å². The molecule has 0 bridgehead atoms. The minimum Gasteiger partial charge on any atom is -0.497 e. The molecule has 0 unspecified atom stereocenters. The van der Waals surface area contributed by atoms with Crippen molar-refractivity contribution in [3.8, 4) is 5.75 Å². The number of ether oxygens (including phenoxy) is 1. The number of hydrogen-bond donors (Lipinski definition) is 0. The quantitative estimate of drug-likeness (QED) is 0.692. The van der Waals surface area contributed by atoms with Crippen LogP contribution in [0.2, 0.25) is 0 Å². The van der Waals surface area contributed by atoms with E-state index in [2.05, 4.69) is 9.97 Å². The van der Waals surface area contributed by atoms with Crippen molar-refractivity contribution in [3.05, 3.63) is 53.5 Å². The zero-order valence-corrected chi connectivity index (χ0v) is 12.8. The summed E-state index contributed by atoms with van der Waals surface area (Å²) in [6, 6.07) is 8.00. The first-order valence-electron chi connectivity index (χ1n) is 6.71. The van der Waals surface area contributed by atoms with Gasteiger partial charge < -0.3 is 9.30 Å². The SMILES string of the molecule is COc1ccc(Cn2cnc3c(CCl)c(C)cnc32)cc1. The van der Waals surface area contributed by atoms with Gasteiger partial charge in [-0.25, -0.2) is 9.97 Å². The molecule has 5 heteroatoms. The molecule has 0 aliphatic heterocycles. The highest BCUT2D eigenvalue weighted by atomic mass is 35.5. The predicted molar refractivity (Wildman–Crippen MR) is 83.9 cm³/mol. The highest BCUT2D eigenvalue weighted by Gasteiger charge is 2.11. The standard InChI is InChI=1S/C16H16ClN3O/c1-11-8-18-16-15(14(11)7-17)19-10-20(16)9-12-3-5-13(21-2)6-4-12/h3-6,8,10H,7,9H2,1-2H3. The van der Waals surface area contributed by atoms with Crippen LogP contribution in [-0.4, -0.2) is 21.6 Å². The van der Waals surface area contributed by atoms with E-state index >= 15 is 0 Å². The van der Waals surface area contributed by atoms with Crippen LogP contribution in [0.1, 0.15) is 16.7 Å². The number of halogens is 1. The molecule has 4 nitrogen and oxygen atoms in total. The number of rotatable bonds is 4. The minimum absolute atomic E-state index is 0.449. The Morgan fingerprint density at radius 1 is 1.19 bits per heavy atom. The van der Waals surface area contributed by atoms with Crippen LogP contribution in [0.4, 0.5) is 0 Å². The molecule has 0 aliphatic carbocycles. The van der Waals surface area contributed by atoms with Crippen LogP contribution < -0.4 is 4.74 Å². The minimum atomic E-state index is 0.449. The maximum Gasteiger partial charge on any atom is 0.160 e. The van der Waals surface area contributed by atoms with Crippen molar-refractivity contribution in [3.63, 3.8) is 0 Å². The summed E-state index contributed by atoms with van der Waals surface area (Å²) >= 11 is 6.02. The van der Waals surface area contributed by atoms with E-state index < -0.39 is 0 Å². The highest BCUT2D eigenvalue weighted by Crippen LogP contribution is 2.21. The average molecular weight is 302 g/mol. The van der Waals surface area contributed by atoms with E-state index in [0.717, 1.165) is 34.6 Å². The Bertz CT molecular complexity index is 765. The number of fused-ring (bicyclic) bond motifs is 1. The Labute approximate surface area is 128 Å². The Kier molecular flexibility index (Phi) is 3.80. The number of imidazole rings is 1. The second-order valence-electron chi connectivity index (χ2n) is 4.95. The molecule has 0 saturated carbocycles. The third kappa shape index (κ3) is 2.59. The van der Waals surface area contributed by atoms with Gasteiger partial charge in [0.1, 0.15) is 11.3 Å². The van der Waals surface area contributed by atoms with Gasteiger partial charge in [-0.15, -0.1) is 11.6 Å². The molecule has 0 amide bonds. The smallest absolute Gasteiger partial charge is 0.160 e. The number of aryl methyl sites for hydroxylation is 1. The molecule has 0 atom stereocenters. The normalized spacial score (nSPS) is 11.0. The second kappa shape index (κ2) is 5.74. The summed E-state index contributed by atoms with van der Waals surface area (Å²) < 4.78 is 7.21. The van der Waals surface area contributed by atoms with Crippen LogP contribution in [0.25, 0.3) is 11.2 Å². The number of alkyl halides is 1. The molecule has 21 heavy (non-hydrogen) atoms. The predicted octanol–water partition coefficient (Wildman–Crippen LogP) is 3.54. The van der Waals surface area contributed by atoms with Gasteiger partial charge in [-0.2, -0.15) is 0 Å². The Balaban J connectivity index is 1.97. The lowest BCUT2D eigenvalue weighted by atomic mass is 10.1. The summed E-state index contributed by atoms with van der Waals surface area (Å²) in [5.74, 6) is 1.30. The lowest BCUT2D eigenvalue weighted by Crippen LogP contribution is -2.00. The van der Waals surface area contributed by atoms with Gasteiger partial charge in [-0.05, 0) is 30.2 Å². The third-order valence-corrected chi connectivity index (χ3v) is 3.87. The molecule has 0 fully saturated rings. The van der Waals surface area contributed by atoms with E-state index in [4.69, 9.17) is 16.3 Å². The molecule has 0 N–H and O–H groups in total. The fourth-order valence-electron chi connectivity index (χ4n) is 2.36. The molecule has 0 radical (unpaired) electrons. The molecule has 2 aromatic heterocycles. The Morgan fingerprint density at radius 3 is 2.62 bits per heavy atom. The molecule has 0 spiro atoms. The van der Waals surface area contributed by atoms with Gasteiger partial charge in [0.05, 0.1) is 20.0 Å². The van der Waals surface area contributed by atoms with Gasteiger partial charge in [0, 0.05) is 17.6 Å². The molecule has 0 aliphatic rings. The maximum atomic E-state index is 6.02. The van der Waals surface area contributed by atoms with E-state index in [1.807, 2.05) is 48.3 Å². The van der Waals surface area contributed by atoms with Crippen LogP contribution in [0.15, 0.2) is 36.8 Å². The van der Waals surface area contributed by atoms with Crippen LogP contribution in [0.5, 0.6) is 5.75 Å². The van der Waals surface area contributed by atoms with E-state index in [1.165, 1.54) is 5.56 Å². The fraction of sp³-hybridized carbons (Fsp3) is 0.250. The first-order valence-corrected chi connectivity index (χ1v) is 7.24. The summed E-state index contributed by atoms with van der Waals surface area (Å²) in [4.78, 5) is 8.97. The number of aromatic nitrogens is 3. The van der Waals surface area contributed by atoms with Crippen LogP contribution >= 0.6 is 11.6 Å². The number of nitrogens with zero attached hydrogens (tertiary/aromatic N) is 3. The Hall–Kier alpha value is -2.07. The average Bonchev–Trinajstić information content (AvgIpc) is 2.91. The summed E-state index contributed by atoms with van der Waals surface area (Å²) in [5, 5.41) is 0. The van der Waals surface area contributed by atoms with Crippen LogP contribution in [-0.2, 0) is 12.4 Å². The second-order valence-corrected chi connectivity index (χ2v) is 5.21. The largest absolute Gasteiger partial charge is 0.497 e. The van der Waals surface area contributed by atoms with Crippen LogP contribution in [0.3, 0.4) is 0 Å². The summed E-state index contributed by atoms with van der Waals surface area (Å²) in [7, 11) is 1.66. The molecule has 2 heterocycles. The van der Waals surface area contributed by atoms with Gasteiger partial charge in [0.15, 0.2) is 5.65 Å². The number of benzene rings is 1. The number of pyridine rings is 1. The number of methoxy groups -OCH3 is 1. The lowest BCUT2D eigenvalue weighted by Gasteiger charge is -2.07. The Morgan fingerprint density at radius 2 is 1.95 bits per heavy atom. The molecular formula is C16H16ClN3O. The van der Waals surface area contributed by atoms with Crippen molar-refractivity contribution >= 4 is 22.8 Å². The molecule has 3 rings (SSSR count). The van der Waals surface area contributed by atoms with Gasteiger partial charge >= 0.3 is 0 Å². The van der Waals surface area contributed by atoms with Crippen molar-refractivity contribution in [2.75, 3.05) is 7.11 Å². The molecule has 0 saturated heterocycles. The van der Waals surface area contributed by atoms with Gasteiger partial charge in [-0.1, -0.05) is 12.1 Å². The zero-order valence-electron chi connectivity index (χ0n) is 12.0. The van der Waals surface area contributed by atoms with Crippen molar-refractivity contribution in [2.24, 2.45) is 0 Å². The molecule has 108 valence electrons. The summed E-state index contributed by atoms with van der Waals surface area (Å²) in [6.07, 6.45) is 3.67. The van der Waals surface area contributed by atoms with Crippen LogP contribution in [0, 0.1) is 6.92 Å². The lowest BCUT2D eigenvalue weighted by molar-refractivity contribution is 0.414. The van der Waals surface area contributed by atoms with E-state index in [-0.39, 0.29) is 0 Å². The monoisotopic (exact) mass is 301 g/mol. The van der Waals surface area contributed by atoms with E-state index in [0.29, 0.717) is 5.88 Å². The summed E-state index contributed by atoms with van der Waals surface area (Å²) in [5.41, 5.74) is 5.05. The first kappa shape index (κ1) is 13.9. The summed E-state index contributed by atoms with van der Waals surface area (Å²) in [6.45, 7) is 2.73.